The van der Waals surface area contributed by atoms with Crippen molar-refractivity contribution in [3.63, 3.8) is 0 Å². The number of nitrogens with zero attached hydrogens (tertiary/aromatic N) is 3. The van der Waals surface area contributed by atoms with Gasteiger partial charge in [0, 0.05) is 63.2 Å². The summed E-state index contributed by atoms with van der Waals surface area (Å²) in [6.45, 7) is 4.55. The summed E-state index contributed by atoms with van der Waals surface area (Å²) in [6.07, 6.45) is -4.84. The van der Waals surface area contributed by atoms with E-state index in [4.69, 9.17) is 0 Å². The highest BCUT2D eigenvalue weighted by atomic mass is 19.4. The van der Waals surface area contributed by atoms with Crippen molar-refractivity contribution in [2.24, 2.45) is 17.8 Å². The first-order valence-corrected chi connectivity index (χ1v) is 14.2. The number of nitrogens with one attached hydrogen (secondary N) is 1. The number of fused-ring (bicyclic) bond motifs is 1. The average Bonchev–Trinajstić information content (AvgIpc) is 3.46. The van der Waals surface area contributed by atoms with E-state index in [0.29, 0.717) is 36.2 Å². The molecule has 3 heterocycles. The summed E-state index contributed by atoms with van der Waals surface area (Å²) < 4.78 is 66.5. The normalized spacial score (nSPS) is 23.0. The SMILES string of the molecule is Cc1cc(=O)n(CC(F)(F)F)c(C)c1C(=O)N1CC2CN(CCC(NC(=O)C3CC(F)(F)C3)c3ccccc3)C[C@H]2C1. The van der Waals surface area contributed by atoms with Crippen LogP contribution in [-0.2, 0) is 11.3 Å². The van der Waals surface area contributed by atoms with Crippen molar-refractivity contribution in [2.45, 2.75) is 57.8 Å². The molecular formula is C30H35F5N4O3. The van der Waals surface area contributed by atoms with Gasteiger partial charge in [0.1, 0.15) is 6.54 Å². The maximum Gasteiger partial charge on any atom is 0.406 e. The first kappa shape index (κ1) is 30.2. The number of aromatic nitrogens is 1. The minimum absolute atomic E-state index is 0.0145. The molecule has 0 radical (unpaired) electrons. The number of carbonyl (C=O) groups is 2. The van der Waals surface area contributed by atoms with Gasteiger partial charge in [-0.1, -0.05) is 30.3 Å². The molecule has 12 heteroatoms. The Hall–Kier alpha value is -3.28. The van der Waals surface area contributed by atoms with E-state index in [2.05, 4.69) is 10.2 Å². The van der Waals surface area contributed by atoms with Crippen molar-refractivity contribution < 1.29 is 31.5 Å². The Morgan fingerprint density at radius 2 is 1.64 bits per heavy atom. The minimum atomic E-state index is -4.59. The van der Waals surface area contributed by atoms with Crippen LogP contribution in [0.3, 0.4) is 0 Å². The van der Waals surface area contributed by atoms with Crippen LogP contribution >= 0.6 is 0 Å². The maximum absolute atomic E-state index is 13.5. The Labute approximate surface area is 240 Å². The number of amides is 2. The molecule has 3 fully saturated rings. The van der Waals surface area contributed by atoms with Gasteiger partial charge in [-0.25, -0.2) is 8.78 Å². The van der Waals surface area contributed by atoms with Crippen LogP contribution in [0.15, 0.2) is 41.2 Å². The quantitative estimate of drug-likeness (QED) is 0.462. The van der Waals surface area contributed by atoms with Gasteiger partial charge in [-0.3, -0.25) is 14.4 Å². The molecule has 2 amide bonds. The molecule has 3 atom stereocenters. The minimum Gasteiger partial charge on any atom is -0.349 e. The lowest BCUT2D eigenvalue weighted by Gasteiger charge is -2.35. The van der Waals surface area contributed by atoms with Crippen LogP contribution in [0.2, 0.25) is 0 Å². The molecular weight excluding hydrogens is 559 g/mol. The predicted octanol–water partition coefficient (Wildman–Crippen LogP) is 4.32. The van der Waals surface area contributed by atoms with E-state index in [-0.39, 0.29) is 40.9 Å². The fraction of sp³-hybridized carbons (Fsp3) is 0.567. The molecule has 228 valence electrons. The van der Waals surface area contributed by atoms with Gasteiger partial charge in [-0.05, 0) is 43.2 Å². The van der Waals surface area contributed by atoms with Crippen LogP contribution in [0.1, 0.15) is 52.5 Å². The van der Waals surface area contributed by atoms with Crippen LogP contribution in [-0.4, -0.2) is 71.0 Å². The lowest BCUT2D eigenvalue weighted by Crippen LogP contribution is -2.46. The molecule has 0 bridgehead atoms. The van der Waals surface area contributed by atoms with Crippen molar-refractivity contribution in [1.82, 2.24) is 19.7 Å². The zero-order chi connectivity index (χ0) is 30.4. The summed E-state index contributed by atoms with van der Waals surface area (Å²) in [4.78, 5) is 42.3. The second kappa shape index (κ2) is 11.4. The van der Waals surface area contributed by atoms with Gasteiger partial charge in [0.05, 0.1) is 11.6 Å². The van der Waals surface area contributed by atoms with Crippen LogP contribution < -0.4 is 10.9 Å². The van der Waals surface area contributed by atoms with E-state index in [9.17, 15) is 36.3 Å². The van der Waals surface area contributed by atoms with Gasteiger partial charge in [-0.2, -0.15) is 13.2 Å². The van der Waals surface area contributed by atoms with Crippen LogP contribution in [0, 0.1) is 31.6 Å². The fourth-order valence-corrected chi connectivity index (χ4v) is 6.67. The van der Waals surface area contributed by atoms with Gasteiger partial charge in [0.25, 0.3) is 11.5 Å². The van der Waals surface area contributed by atoms with Gasteiger partial charge in [0.15, 0.2) is 0 Å². The fourth-order valence-electron chi connectivity index (χ4n) is 6.67. The molecule has 1 aromatic carbocycles. The third-order valence-corrected chi connectivity index (χ3v) is 8.88. The second-order valence-corrected chi connectivity index (χ2v) is 12.0. The molecule has 1 N–H and O–H groups in total. The van der Waals surface area contributed by atoms with E-state index in [1.807, 2.05) is 30.3 Å². The summed E-state index contributed by atoms with van der Waals surface area (Å²) in [7, 11) is 0. The number of alkyl halides is 5. The molecule has 3 aliphatic rings. The molecule has 2 aliphatic heterocycles. The number of rotatable bonds is 8. The Morgan fingerprint density at radius 1 is 1.02 bits per heavy atom. The molecule has 1 aromatic heterocycles. The summed E-state index contributed by atoms with van der Waals surface area (Å²) in [6, 6.07) is 10.2. The molecule has 42 heavy (non-hydrogen) atoms. The van der Waals surface area contributed by atoms with Crippen LogP contribution in [0.25, 0.3) is 0 Å². The van der Waals surface area contributed by atoms with Crippen LogP contribution in [0.4, 0.5) is 22.0 Å². The van der Waals surface area contributed by atoms with Gasteiger partial charge >= 0.3 is 6.18 Å². The number of halogens is 5. The largest absolute Gasteiger partial charge is 0.406 e. The third kappa shape index (κ3) is 6.53. The molecule has 1 saturated carbocycles. The highest BCUT2D eigenvalue weighted by Gasteiger charge is 2.49. The Kier molecular flexibility index (Phi) is 8.21. The Balaban J connectivity index is 1.19. The van der Waals surface area contributed by atoms with E-state index >= 15 is 0 Å². The zero-order valence-corrected chi connectivity index (χ0v) is 23.6. The van der Waals surface area contributed by atoms with Crippen molar-refractivity contribution in [3.05, 3.63) is 69.1 Å². The Morgan fingerprint density at radius 3 is 2.21 bits per heavy atom. The van der Waals surface area contributed by atoms with E-state index in [1.165, 1.54) is 6.92 Å². The maximum atomic E-state index is 13.5. The lowest BCUT2D eigenvalue weighted by molar-refractivity contribution is -0.150. The number of hydrogen-bond acceptors (Lipinski definition) is 4. The highest BCUT2D eigenvalue weighted by molar-refractivity contribution is 5.97. The number of hydrogen-bond donors (Lipinski definition) is 1. The smallest absolute Gasteiger partial charge is 0.349 e. The number of benzene rings is 1. The number of carbonyl (C=O) groups excluding carboxylic acids is 2. The summed E-state index contributed by atoms with van der Waals surface area (Å²) in [5.41, 5.74) is 0.635. The summed E-state index contributed by atoms with van der Waals surface area (Å²) >= 11 is 0. The molecule has 2 unspecified atom stereocenters. The Bertz CT molecular complexity index is 1370. The van der Waals surface area contributed by atoms with Crippen molar-refractivity contribution in [1.29, 1.82) is 0 Å². The van der Waals surface area contributed by atoms with E-state index in [0.717, 1.165) is 24.7 Å². The molecule has 7 nitrogen and oxygen atoms in total. The summed E-state index contributed by atoms with van der Waals surface area (Å²) in [5, 5.41) is 2.97. The van der Waals surface area contributed by atoms with Crippen molar-refractivity contribution >= 4 is 11.8 Å². The second-order valence-electron chi connectivity index (χ2n) is 12.0. The molecule has 5 rings (SSSR count). The first-order valence-electron chi connectivity index (χ1n) is 14.2. The zero-order valence-electron chi connectivity index (χ0n) is 23.6. The molecule has 2 saturated heterocycles. The molecule has 0 spiro atoms. The topological polar surface area (TPSA) is 74.7 Å². The highest BCUT2D eigenvalue weighted by Crippen LogP contribution is 2.42. The average molecular weight is 595 g/mol. The first-order chi connectivity index (χ1) is 19.7. The third-order valence-electron chi connectivity index (χ3n) is 8.88. The lowest BCUT2D eigenvalue weighted by atomic mass is 9.80. The van der Waals surface area contributed by atoms with Gasteiger partial charge < -0.3 is 19.7 Å². The van der Waals surface area contributed by atoms with Gasteiger partial charge in [0.2, 0.25) is 11.8 Å². The summed E-state index contributed by atoms with van der Waals surface area (Å²) in [5.74, 6) is -3.78. The van der Waals surface area contributed by atoms with Crippen LogP contribution in [0.5, 0.6) is 0 Å². The standard InChI is InChI=1S/C30H35F5N4O3/c1-18-10-25(40)39(17-30(33,34)35)19(2)26(18)28(42)38-15-22-13-37(14-23(22)16-38)9-8-24(20-6-4-3-5-7-20)36-27(41)21-11-29(31,32)12-21/h3-7,10,21-24H,8-9,11-17H2,1-2H3,(H,36,41)/t22-,23?,24?/m0/s1. The van der Waals surface area contributed by atoms with Crippen molar-refractivity contribution in [3.8, 4) is 0 Å². The molecule has 1 aliphatic carbocycles. The van der Waals surface area contributed by atoms with E-state index < -0.39 is 43.0 Å². The predicted molar refractivity (Wildman–Crippen MR) is 145 cm³/mol. The van der Waals surface area contributed by atoms with Crippen molar-refractivity contribution in [2.75, 3.05) is 32.7 Å². The van der Waals surface area contributed by atoms with E-state index in [1.54, 1.807) is 11.8 Å². The number of aryl methyl sites for hydroxylation is 1. The number of likely N-dealkylation sites (tertiary alicyclic amines) is 2. The monoisotopic (exact) mass is 594 g/mol. The van der Waals surface area contributed by atoms with Gasteiger partial charge in [-0.15, -0.1) is 0 Å². The molecule has 2 aromatic rings. The number of pyridine rings is 1.